The third kappa shape index (κ3) is 5.97. The third-order valence-electron chi connectivity index (χ3n) is 6.49. The standard InChI is InChI=1S/C25H34N4O2/c26-24-12-10-21(19-27-24)25(30)29-15-4-3-14-28-13-2-1-7-22(28)11-9-20-6-5-8-23(18-20)31-17-16-29/h5-6,8,10,12,18-19,22H,1-4,7,9,11,13-17H2,(H2,26,27). The summed E-state index contributed by atoms with van der Waals surface area (Å²) in [6.07, 6.45) is 9.89. The van der Waals surface area contributed by atoms with Gasteiger partial charge in [-0.2, -0.15) is 0 Å². The number of rotatable bonds is 1. The summed E-state index contributed by atoms with van der Waals surface area (Å²) < 4.78 is 6.02. The number of carbonyl (C=O) groups is 1. The number of amides is 1. The molecule has 1 amide bonds. The lowest BCUT2D eigenvalue weighted by molar-refractivity contribution is 0.0721. The number of nitrogens with two attached hydrogens (primary N) is 1. The number of piperidine rings is 1. The molecular weight excluding hydrogens is 388 g/mol. The molecule has 2 bridgehead atoms. The number of fused-ring (bicyclic) bond motifs is 3. The molecule has 0 aliphatic carbocycles. The van der Waals surface area contributed by atoms with Gasteiger partial charge >= 0.3 is 0 Å². The molecule has 3 heterocycles. The van der Waals surface area contributed by atoms with Crippen LogP contribution in [0.25, 0.3) is 0 Å². The highest BCUT2D eigenvalue weighted by atomic mass is 16.5. The van der Waals surface area contributed by atoms with Crippen molar-refractivity contribution in [3.8, 4) is 5.75 Å². The maximum atomic E-state index is 13.1. The Bertz CT molecular complexity index is 855. The van der Waals surface area contributed by atoms with Crippen molar-refractivity contribution in [1.29, 1.82) is 0 Å². The molecule has 1 saturated heterocycles. The lowest BCUT2D eigenvalue weighted by Gasteiger charge is -2.36. The van der Waals surface area contributed by atoms with Crippen LogP contribution in [0.2, 0.25) is 0 Å². The Balaban J connectivity index is 1.48. The second-order valence-corrected chi connectivity index (χ2v) is 8.69. The minimum Gasteiger partial charge on any atom is -0.492 e. The fourth-order valence-corrected chi connectivity index (χ4v) is 4.73. The number of nitrogen functional groups attached to an aromatic ring is 1. The van der Waals surface area contributed by atoms with Crippen LogP contribution < -0.4 is 10.5 Å². The predicted octanol–water partition coefficient (Wildman–Crippen LogP) is 3.77. The van der Waals surface area contributed by atoms with E-state index in [1.165, 1.54) is 37.8 Å². The summed E-state index contributed by atoms with van der Waals surface area (Å²) >= 11 is 0. The van der Waals surface area contributed by atoms with Crippen molar-refractivity contribution in [2.45, 2.75) is 51.0 Å². The van der Waals surface area contributed by atoms with Crippen LogP contribution in [0.5, 0.6) is 5.75 Å². The lowest BCUT2D eigenvalue weighted by atomic mass is 9.95. The Kier molecular flexibility index (Phi) is 7.41. The van der Waals surface area contributed by atoms with Crippen LogP contribution in [0.15, 0.2) is 42.6 Å². The first kappa shape index (κ1) is 21.6. The molecule has 6 heteroatoms. The van der Waals surface area contributed by atoms with Crippen LogP contribution in [0.1, 0.15) is 54.4 Å². The summed E-state index contributed by atoms with van der Waals surface area (Å²) in [6, 6.07) is 12.5. The summed E-state index contributed by atoms with van der Waals surface area (Å²) in [7, 11) is 0. The fraction of sp³-hybridized carbons (Fsp3) is 0.520. The van der Waals surface area contributed by atoms with Crippen LogP contribution in [-0.2, 0) is 6.42 Å². The molecule has 6 nitrogen and oxygen atoms in total. The SMILES string of the molecule is Nc1ccc(C(=O)N2CCCCN3CCCCC3CCc3cccc(c3)OCC2)cn1. The second kappa shape index (κ2) is 10.6. The summed E-state index contributed by atoms with van der Waals surface area (Å²) in [4.78, 5) is 21.7. The zero-order valence-electron chi connectivity index (χ0n) is 18.3. The molecule has 2 aliphatic rings. The number of pyridine rings is 1. The molecule has 2 aliphatic heterocycles. The van der Waals surface area contributed by atoms with Crippen molar-refractivity contribution in [1.82, 2.24) is 14.8 Å². The number of aromatic nitrogens is 1. The van der Waals surface area contributed by atoms with E-state index in [2.05, 4.69) is 28.1 Å². The Labute approximate surface area is 185 Å². The van der Waals surface area contributed by atoms with E-state index in [0.717, 1.165) is 38.1 Å². The molecule has 1 aromatic carbocycles. The van der Waals surface area contributed by atoms with E-state index in [1.807, 2.05) is 11.0 Å². The van der Waals surface area contributed by atoms with Crippen molar-refractivity contribution in [2.24, 2.45) is 0 Å². The molecule has 0 spiro atoms. The highest BCUT2D eigenvalue weighted by Gasteiger charge is 2.22. The van der Waals surface area contributed by atoms with Gasteiger partial charge < -0.3 is 20.3 Å². The molecule has 2 N–H and O–H groups in total. The number of nitrogens with zero attached hydrogens (tertiary/aromatic N) is 3. The molecule has 1 atom stereocenters. The molecule has 31 heavy (non-hydrogen) atoms. The van der Waals surface area contributed by atoms with Crippen molar-refractivity contribution in [3.05, 3.63) is 53.7 Å². The minimum absolute atomic E-state index is 0.00924. The van der Waals surface area contributed by atoms with E-state index in [0.29, 0.717) is 30.6 Å². The van der Waals surface area contributed by atoms with Crippen molar-refractivity contribution < 1.29 is 9.53 Å². The Morgan fingerprint density at radius 1 is 1.00 bits per heavy atom. The highest BCUT2D eigenvalue weighted by molar-refractivity contribution is 5.94. The normalized spacial score (nSPS) is 21.3. The van der Waals surface area contributed by atoms with E-state index >= 15 is 0 Å². The van der Waals surface area contributed by atoms with Gasteiger partial charge in [0.1, 0.15) is 18.2 Å². The van der Waals surface area contributed by atoms with Gasteiger partial charge in [-0.3, -0.25) is 4.79 Å². The molecule has 2 aromatic rings. The average Bonchev–Trinajstić information content (AvgIpc) is 2.80. The van der Waals surface area contributed by atoms with Crippen LogP contribution >= 0.6 is 0 Å². The van der Waals surface area contributed by atoms with E-state index in [1.54, 1.807) is 18.3 Å². The summed E-state index contributed by atoms with van der Waals surface area (Å²) in [5, 5.41) is 0. The van der Waals surface area contributed by atoms with Gasteiger partial charge in [-0.05, 0) is 81.4 Å². The summed E-state index contributed by atoms with van der Waals surface area (Å²) in [5.74, 6) is 1.30. The van der Waals surface area contributed by atoms with Crippen LogP contribution in [0, 0.1) is 0 Å². The molecular formula is C25H34N4O2. The second-order valence-electron chi connectivity index (χ2n) is 8.69. The number of carbonyl (C=O) groups excluding carboxylic acids is 1. The number of anilines is 1. The maximum absolute atomic E-state index is 13.1. The first-order chi connectivity index (χ1) is 15.2. The quantitative estimate of drug-likeness (QED) is 0.758. The van der Waals surface area contributed by atoms with Gasteiger partial charge in [-0.1, -0.05) is 18.6 Å². The molecule has 4 rings (SSSR count). The number of hydrogen-bond acceptors (Lipinski definition) is 5. The zero-order valence-corrected chi connectivity index (χ0v) is 18.3. The molecule has 0 radical (unpaired) electrons. The smallest absolute Gasteiger partial charge is 0.255 e. The van der Waals surface area contributed by atoms with Crippen molar-refractivity contribution >= 4 is 11.7 Å². The van der Waals surface area contributed by atoms with Gasteiger partial charge in [-0.25, -0.2) is 4.98 Å². The number of ether oxygens (including phenoxy) is 1. The molecule has 0 saturated carbocycles. The Morgan fingerprint density at radius 3 is 2.68 bits per heavy atom. The number of aryl methyl sites for hydroxylation is 1. The van der Waals surface area contributed by atoms with Crippen LogP contribution in [0.3, 0.4) is 0 Å². The minimum atomic E-state index is -0.00924. The molecule has 1 unspecified atom stereocenters. The van der Waals surface area contributed by atoms with Crippen molar-refractivity contribution in [2.75, 3.05) is 38.5 Å². The fourth-order valence-electron chi connectivity index (χ4n) is 4.73. The Morgan fingerprint density at radius 2 is 1.84 bits per heavy atom. The van der Waals surface area contributed by atoms with E-state index < -0.39 is 0 Å². The van der Waals surface area contributed by atoms with E-state index in [9.17, 15) is 4.79 Å². The maximum Gasteiger partial charge on any atom is 0.255 e. The largest absolute Gasteiger partial charge is 0.492 e. The monoisotopic (exact) mass is 422 g/mol. The zero-order chi connectivity index (χ0) is 21.5. The van der Waals surface area contributed by atoms with Gasteiger partial charge in [0.2, 0.25) is 0 Å². The summed E-state index contributed by atoms with van der Waals surface area (Å²) in [6.45, 7) is 4.08. The highest BCUT2D eigenvalue weighted by Crippen LogP contribution is 2.23. The van der Waals surface area contributed by atoms with Gasteiger partial charge in [0.25, 0.3) is 5.91 Å². The van der Waals surface area contributed by atoms with E-state index in [4.69, 9.17) is 10.5 Å². The molecule has 1 aromatic heterocycles. The first-order valence-corrected chi connectivity index (χ1v) is 11.7. The van der Waals surface area contributed by atoms with Gasteiger partial charge in [0.05, 0.1) is 12.1 Å². The van der Waals surface area contributed by atoms with E-state index in [-0.39, 0.29) is 5.91 Å². The third-order valence-corrected chi connectivity index (χ3v) is 6.49. The van der Waals surface area contributed by atoms with Gasteiger partial charge in [0, 0.05) is 18.8 Å². The molecule has 1 fully saturated rings. The lowest BCUT2D eigenvalue weighted by Crippen LogP contribution is -2.40. The number of hydrogen-bond donors (Lipinski definition) is 1. The average molecular weight is 423 g/mol. The molecule has 166 valence electrons. The number of benzene rings is 1. The topological polar surface area (TPSA) is 71.7 Å². The van der Waals surface area contributed by atoms with Gasteiger partial charge in [0.15, 0.2) is 0 Å². The summed E-state index contributed by atoms with van der Waals surface area (Å²) in [5.41, 5.74) is 7.59. The van der Waals surface area contributed by atoms with Crippen molar-refractivity contribution in [3.63, 3.8) is 0 Å². The first-order valence-electron chi connectivity index (χ1n) is 11.7. The van der Waals surface area contributed by atoms with Gasteiger partial charge in [-0.15, -0.1) is 0 Å². The van der Waals surface area contributed by atoms with Crippen LogP contribution in [0.4, 0.5) is 5.82 Å². The van der Waals surface area contributed by atoms with Crippen LogP contribution in [-0.4, -0.2) is 59.5 Å². The Hall–Kier alpha value is -2.60. The predicted molar refractivity (Wildman–Crippen MR) is 123 cm³/mol.